The fourth-order valence-corrected chi connectivity index (χ4v) is 1.78. The Balaban J connectivity index is 2.48. The van der Waals surface area contributed by atoms with Crippen molar-refractivity contribution in [3.05, 3.63) is 29.8 Å². The zero-order chi connectivity index (χ0) is 20.4. The molecule has 0 aromatic heterocycles. The molecule has 27 heavy (non-hydrogen) atoms. The number of benzene rings is 1. The van der Waals surface area contributed by atoms with Crippen LogP contribution in [0.1, 0.15) is 24.2 Å². The number of urea groups is 1. The minimum atomic E-state index is -3.04. The number of carbonyl (C=O) groups is 4. The van der Waals surface area contributed by atoms with Gasteiger partial charge in [-0.3, -0.25) is 19.7 Å². The summed E-state index contributed by atoms with van der Waals surface area (Å²) in [7, 11) is 0. The highest BCUT2D eigenvalue weighted by Gasteiger charge is 2.20. The fourth-order valence-electron chi connectivity index (χ4n) is 1.78. The molecule has 0 saturated carbocycles. The predicted molar refractivity (Wildman–Crippen MR) is 88.2 cm³/mol. The van der Waals surface area contributed by atoms with E-state index in [4.69, 9.17) is 4.74 Å². The standard InChI is InChI=1S/C16H19F2N3O6/c1-3-19-16(25)21-13(23)9(2)26-12(22)8-20-14(24)10-5-4-6-11(7-10)27-15(17)18/h4-7,9,15H,3,8H2,1-2H3,(H,20,24)(H2,19,21,23,25)/t9-/m1/s1. The Morgan fingerprint density at radius 3 is 2.48 bits per heavy atom. The monoisotopic (exact) mass is 387 g/mol. The molecule has 1 atom stereocenters. The maximum absolute atomic E-state index is 12.2. The average Bonchev–Trinajstić information content (AvgIpc) is 2.59. The summed E-state index contributed by atoms with van der Waals surface area (Å²) < 4.78 is 33.3. The van der Waals surface area contributed by atoms with Crippen molar-refractivity contribution in [3.63, 3.8) is 0 Å². The summed E-state index contributed by atoms with van der Waals surface area (Å²) in [5.41, 5.74) is -0.0111. The Labute approximate surface area is 153 Å². The summed E-state index contributed by atoms with van der Waals surface area (Å²) in [5, 5.41) is 6.52. The first-order valence-corrected chi connectivity index (χ1v) is 7.84. The number of ether oxygens (including phenoxy) is 2. The van der Waals surface area contributed by atoms with E-state index in [1.807, 2.05) is 5.32 Å². The minimum absolute atomic E-state index is 0.0111. The van der Waals surface area contributed by atoms with Gasteiger partial charge in [0.2, 0.25) is 0 Å². The second kappa shape index (κ2) is 10.7. The quantitative estimate of drug-likeness (QED) is 0.567. The van der Waals surface area contributed by atoms with Gasteiger partial charge in [0.25, 0.3) is 11.8 Å². The summed E-state index contributed by atoms with van der Waals surface area (Å²) in [4.78, 5) is 46.5. The zero-order valence-electron chi connectivity index (χ0n) is 14.6. The lowest BCUT2D eigenvalue weighted by atomic mass is 10.2. The van der Waals surface area contributed by atoms with E-state index in [0.29, 0.717) is 6.54 Å². The third-order valence-electron chi connectivity index (χ3n) is 2.97. The molecule has 0 bridgehead atoms. The van der Waals surface area contributed by atoms with Gasteiger partial charge in [-0.2, -0.15) is 8.78 Å². The molecule has 9 nitrogen and oxygen atoms in total. The number of alkyl halides is 2. The van der Waals surface area contributed by atoms with Crippen molar-refractivity contribution in [1.29, 1.82) is 0 Å². The van der Waals surface area contributed by atoms with E-state index in [2.05, 4.69) is 15.4 Å². The first-order chi connectivity index (χ1) is 12.7. The molecule has 11 heteroatoms. The van der Waals surface area contributed by atoms with Crippen LogP contribution in [-0.4, -0.2) is 49.6 Å². The number of nitrogens with one attached hydrogen (secondary N) is 3. The number of hydrogen-bond donors (Lipinski definition) is 3. The number of esters is 1. The summed E-state index contributed by atoms with van der Waals surface area (Å²) in [6.07, 6.45) is -1.26. The topological polar surface area (TPSA) is 123 Å². The lowest BCUT2D eigenvalue weighted by molar-refractivity contribution is -0.153. The number of halogens is 2. The summed E-state index contributed by atoms with van der Waals surface area (Å²) in [5.74, 6) is -2.71. The maximum Gasteiger partial charge on any atom is 0.387 e. The molecule has 0 aliphatic rings. The molecular weight excluding hydrogens is 368 g/mol. The average molecular weight is 387 g/mol. The largest absolute Gasteiger partial charge is 0.451 e. The van der Waals surface area contributed by atoms with E-state index in [-0.39, 0.29) is 11.3 Å². The van der Waals surface area contributed by atoms with Gasteiger partial charge >= 0.3 is 18.6 Å². The van der Waals surface area contributed by atoms with Crippen molar-refractivity contribution in [1.82, 2.24) is 16.0 Å². The van der Waals surface area contributed by atoms with Crippen molar-refractivity contribution in [2.45, 2.75) is 26.6 Å². The van der Waals surface area contributed by atoms with Crippen LogP contribution in [0.2, 0.25) is 0 Å². The summed E-state index contributed by atoms with van der Waals surface area (Å²) >= 11 is 0. The van der Waals surface area contributed by atoms with Crippen LogP contribution in [0.3, 0.4) is 0 Å². The predicted octanol–water partition coefficient (Wildman–Crippen LogP) is 0.795. The molecule has 0 spiro atoms. The highest BCUT2D eigenvalue weighted by molar-refractivity contribution is 5.98. The number of imide groups is 1. The van der Waals surface area contributed by atoms with Crippen LogP contribution in [0.4, 0.5) is 13.6 Å². The normalized spacial score (nSPS) is 11.3. The van der Waals surface area contributed by atoms with Crippen LogP contribution in [-0.2, 0) is 14.3 Å². The van der Waals surface area contributed by atoms with Gasteiger partial charge < -0.3 is 20.1 Å². The highest BCUT2D eigenvalue weighted by atomic mass is 19.3. The number of hydrogen-bond acceptors (Lipinski definition) is 6. The van der Waals surface area contributed by atoms with Crippen LogP contribution in [0, 0.1) is 0 Å². The van der Waals surface area contributed by atoms with Crippen LogP contribution < -0.4 is 20.7 Å². The Hall–Kier alpha value is -3.24. The Morgan fingerprint density at radius 1 is 1.15 bits per heavy atom. The molecule has 1 aromatic rings. The molecule has 0 unspecified atom stereocenters. The molecule has 3 N–H and O–H groups in total. The van der Waals surface area contributed by atoms with E-state index in [1.54, 1.807) is 6.92 Å². The minimum Gasteiger partial charge on any atom is -0.451 e. The van der Waals surface area contributed by atoms with E-state index < -0.39 is 43.1 Å². The van der Waals surface area contributed by atoms with Gasteiger partial charge in [-0.25, -0.2) is 4.79 Å². The van der Waals surface area contributed by atoms with Gasteiger partial charge in [0.05, 0.1) is 0 Å². The van der Waals surface area contributed by atoms with Crippen molar-refractivity contribution in [2.24, 2.45) is 0 Å². The van der Waals surface area contributed by atoms with Crippen LogP contribution in [0.5, 0.6) is 5.75 Å². The zero-order valence-corrected chi connectivity index (χ0v) is 14.6. The Morgan fingerprint density at radius 2 is 1.85 bits per heavy atom. The highest BCUT2D eigenvalue weighted by Crippen LogP contribution is 2.15. The molecule has 0 fully saturated rings. The third kappa shape index (κ3) is 8.12. The molecule has 0 heterocycles. The number of amides is 4. The van der Waals surface area contributed by atoms with E-state index in [9.17, 15) is 28.0 Å². The fraction of sp³-hybridized carbons (Fsp3) is 0.375. The molecule has 0 saturated heterocycles. The molecule has 1 aromatic carbocycles. The Kier molecular flexibility index (Phi) is 8.63. The van der Waals surface area contributed by atoms with Crippen molar-refractivity contribution in [3.8, 4) is 5.75 Å². The van der Waals surface area contributed by atoms with Gasteiger partial charge in [-0.15, -0.1) is 0 Å². The van der Waals surface area contributed by atoms with Gasteiger partial charge in [-0.05, 0) is 32.0 Å². The molecular formula is C16H19F2N3O6. The SMILES string of the molecule is CCNC(=O)NC(=O)[C@@H](C)OC(=O)CNC(=O)c1cccc(OC(F)F)c1. The second-order valence-electron chi connectivity index (χ2n) is 5.07. The summed E-state index contributed by atoms with van der Waals surface area (Å²) in [6.45, 7) is -0.393. The van der Waals surface area contributed by atoms with Crippen molar-refractivity contribution in [2.75, 3.05) is 13.1 Å². The summed E-state index contributed by atoms with van der Waals surface area (Å²) in [6, 6.07) is 4.26. The van der Waals surface area contributed by atoms with E-state index >= 15 is 0 Å². The maximum atomic E-state index is 12.2. The lowest BCUT2D eigenvalue weighted by Crippen LogP contribution is -2.45. The first kappa shape index (κ1) is 21.8. The van der Waals surface area contributed by atoms with Crippen LogP contribution in [0.15, 0.2) is 24.3 Å². The smallest absolute Gasteiger partial charge is 0.387 e. The first-order valence-electron chi connectivity index (χ1n) is 7.84. The molecule has 148 valence electrons. The number of rotatable bonds is 8. The van der Waals surface area contributed by atoms with Crippen molar-refractivity contribution < 1.29 is 37.4 Å². The Bertz CT molecular complexity index is 698. The van der Waals surface area contributed by atoms with E-state index in [0.717, 1.165) is 6.07 Å². The molecule has 1 rings (SSSR count). The third-order valence-corrected chi connectivity index (χ3v) is 2.97. The van der Waals surface area contributed by atoms with E-state index in [1.165, 1.54) is 25.1 Å². The van der Waals surface area contributed by atoms with Gasteiger partial charge in [0, 0.05) is 12.1 Å². The van der Waals surface area contributed by atoms with Crippen LogP contribution >= 0.6 is 0 Å². The van der Waals surface area contributed by atoms with Crippen molar-refractivity contribution >= 4 is 23.8 Å². The lowest BCUT2D eigenvalue weighted by Gasteiger charge is -2.13. The second-order valence-corrected chi connectivity index (χ2v) is 5.07. The van der Waals surface area contributed by atoms with Gasteiger partial charge in [-0.1, -0.05) is 6.07 Å². The van der Waals surface area contributed by atoms with Gasteiger partial charge in [0.15, 0.2) is 6.10 Å². The number of carbonyl (C=O) groups excluding carboxylic acids is 4. The van der Waals surface area contributed by atoms with Gasteiger partial charge in [0.1, 0.15) is 12.3 Å². The molecule has 4 amide bonds. The molecule has 0 aliphatic carbocycles. The van der Waals surface area contributed by atoms with Crippen LogP contribution in [0.25, 0.3) is 0 Å². The molecule has 0 radical (unpaired) electrons. The molecule has 0 aliphatic heterocycles.